The maximum Gasteiger partial charge on any atom is 0.265 e. The highest BCUT2D eigenvalue weighted by atomic mass is 16.2. The first-order chi connectivity index (χ1) is 15.0. The van der Waals surface area contributed by atoms with Crippen LogP contribution in [0.1, 0.15) is 49.8 Å². The average molecular weight is 421 g/mol. The number of aromatic nitrogens is 4. The molecule has 1 atom stereocenters. The molecule has 1 N–H and O–H groups in total. The van der Waals surface area contributed by atoms with E-state index in [0.717, 1.165) is 42.7 Å². The van der Waals surface area contributed by atoms with E-state index < -0.39 is 6.04 Å². The molecule has 1 aliphatic heterocycles. The van der Waals surface area contributed by atoms with E-state index in [9.17, 15) is 9.59 Å². The van der Waals surface area contributed by atoms with Crippen molar-refractivity contribution in [1.82, 2.24) is 19.5 Å². The van der Waals surface area contributed by atoms with E-state index in [0.29, 0.717) is 23.4 Å². The van der Waals surface area contributed by atoms with Gasteiger partial charge in [0.15, 0.2) is 5.65 Å². The van der Waals surface area contributed by atoms with Crippen molar-refractivity contribution in [2.24, 2.45) is 0 Å². The molecule has 0 unspecified atom stereocenters. The standard InChI is InChI=1S/C23H28N6O2/c1-4-18(21(30)26-19-15(2)9-8-10-16(19)3)29-14-25-20-17(22(29)31)13-24-23(27-20)28-11-6-5-7-12-28/h8-10,13-14,18H,4-7,11-12H2,1-3H3,(H,26,30)/t18-/m0/s1. The molecule has 162 valence electrons. The van der Waals surface area contributed by atoms with E-state index in [2.05, 4.69) is 25.2 Å². The summed E-state index contributed by atoms with van der Waals surface area (Å²) in [6.07, 6.45) is 6.87. The molecule has 1 fully saturated rings. The van der Waals surface area contributed by atoms with Crippen LogP contribution in [0, 0.1) is 13.8 Å². The third-order valence-electron chi connectivity index (χ3n) is 5.92. The zero-order valence-electron chi connectivity index (χ0n) is 18.3. The zero-order chi connectivity index (χ0) is 22.0. The van der Waals surface area contributed by atoms with Crippen molar-refractivity contribution in [3.63, 3.8) is 0 Å². The molecule has 1 aliphatic rings. The normalized spacial score (nSPS) is 15.1. The quantitative estimate of drug-likeness (QED) is 0.680. The number of hydrogen-bond donors (Lipinski definition) is 1. The number of fused-ring (bicyclic) bond motifs is 1. The number of amides is 1. The second-order valence-corrected chi connectivity index (χ2v) is 8.09. The minimum atomic E-state index is -0.676. The number of carbonyl (C=O) groups excluding carboxylic acids is 1. The van der Waals surface area contributed by atoms with Crippen LogP contribution in [0.2, 0.25) is 0 Å². The van der Waals surface area contributed by atoms with Crippen LogP contribution < -0.4 is 15.8 Å². The molecule has 1 aromatic carbocycles. The lowest BCUT2D eigenvalue weighted by molar-refractivity contribution is -0.119. The Balaban J connectivity index is 1.64. The van der Waals surface area contributed by atoms with E-state index >= 15 is 0 Å². The fourth-order valence-electron chi connectivity index (χ4n) is 4.12. The van der Waals surface area contributed by atoms with Crippen molar-refractivity contribution in [2.75, 3.05) is 23.3 Å². The predicted molar refractivity (Wildman–Crippen MR) is 122 cm³/mol. The van der Waals surface area contributed by atoms with Crippen molar-refractivity contribution >= 4 is 28.6 Å². The van der Waals surface area contributed by atoms with Gasteiger partial charge >= 0.3 is 0 Å². The smallest absolute Gasteiger partial charge is 0.265 e. The first-order valence-corrected chi connectivity index (χ1v) is 10.9. The number of benzene rings is 1. The Bertz CT molecular complexity index is 1150. The van der Waals surface area contributed by atoms with E-state index in [1.807, 2.05) is 39.0 Å². The summed E-state index contributed by atoms with van der Waals surface area (Å²) in [6.45, 7) is 7.61. The first kappa shape index (κ1) is 21.0. The number of hydrogen-bond acceptors (Lipinski definition) is 6. The Hall–Kier alpha value is -3.29. The Morgan fingerprint density at radius 3 is 2.52 bits per heavy atom. The number of carbonyl (C=O) groups is 1. The van der Waals surface area contributed by atoms with Gasteiger partial charge in [0.1, 0.15) is 17.8 Å². The Labute approximate surface area is 181 Å². The summed E-state index contributed by atoms with van der Waals surface area (Å²) in [6, 6.07) is 5.17. The lowest BCUT2D eigenvalue weighted by Crippen LogP contribution is -2.34. The van der Waals surface area contributed by atoms with Crippen LogP contribution in [-0.4, -0.2) is 38.5 Å². The topological polar surface area (TPSA) is 93.0 Å². The van der Waals surface area contributed by atoms with Crippen LogP contribution in [0.5, 0.6) is 0 Å². The van der Waals surface area contributed by atoms with Crippen molar-refractivity contribution in [3.05, 3.63) is 52.2 Å². The number of rotatable bonds is 5. The third kappa shape index (κ3) is 4.15. The van der Waals surface area contributed by atoms with Gasteiger partial charge < -0.3 is 10.2 Å². The predicted octanol–water partition coefficient (Wildman–Crippen LogP) is 3.38. The highest BCUT2D eigenvalue weighted by Gasteiger charge is 2.23. The number of para-hydroxylation sites is 1. The molecule has 0 bridgehead atoms. The van der Waals surface area contributed by atoms with Crippen molar-refractivity contribution in [2.45, 2.75) is 52.5 Å². The van der Waals surface area contributed by atoms with E-state index in [4.69, 9.17) is 0 Å². The average Bonchev–Trinajstić information content (AvgIpc) is 2.79. The van der Waals surface area contributed by atoms with E-state index in [-0.39, 0.29) is 11.5 Å². The van der Waals surface area contributed by atoms with E-state index in [1.54, 1.807) is 0 Å². The maximum absolute atomic E-state index is 13.2. The monoisotopic (exact) mass is 420 g/mol. The molecular formula is C23H28N6O2. The fraction of sp³-hybridized carbons (Fsp3) is 0.435. The van der Waals surface area contributed by atoms with Gasteiger partial charge in [-0.3, -0.25) is 14.2 Å². The van der Waals surface area contributed by atoms with Gasteiger partial charge in [-0.25, -0.2) is 9.97 Å². The fourth-order valence-corrected chi connectivity index (χ4v) is 4.12. The molecule has 0 radical (unpaired) electrons. The number of piperidine rings is 1. The number of aryl methyl sites for hydroxylation is 2. The van der Waals surface area contributed by atoms with Gasteiger partial charge in [-0.05, 0) is 50.7 Å². The molecule has 31 heavy (non-hydrogen) atoms. The lowest BCUT2D eigenvalue weighted by Gasteiger charge is -2.26. The van der Waals surface area contributed by atoms with Gasteiger partial charge in [0.05, 0.1) is 0 Å². The van der Waals surface area contributed by atoms with Crippen LogP contribution in [-0.2, 0) is 4.79 Å². The highest BCUT2D eigenvalue weighted by Crippen LogP contribution is 2.22. The maximum atomic E-state index is 13.2. The summed E-state index contributed by atoms with van der Waals surface area (Å²) in [5, 5.41) is 3.31. The SMILES string of the molecule is CC[C@@H](C(=O)Nc1c(C)cccc1C)n1cnc2nc(N3CCCCC3)ncc2c1=O. The van der Waals surface area contributed by atoms with Crippen LogP contribution >= 0.6 is 0 Å². The Morgan fingerprint density at radius 2 is 1.84 bits per heavy atom. The van der Waals surface area contributed by atoms with Gasteiger partial charge in [0.2, 0.25) is 11.9 Å². The molecular weight excluding hydrogens is 392 g/mol. The Morgan fingerprint density at radius 1 is 1.13 bits per heavy atom. The highest BCUT2D eigenvalue weighted by molar-refractivity contribution is 5.95. The van der Waals surface area contributed by atoms with Gasteiger partial charge in [-0.15, -0.1) is 0 Å². The van der Waals surface area contributed by atoms with Crippen molar-refractivity contribution in [3.8, 4) is 0 Å². The van der Waals surface area contributed by atoms with Gasteiger partial charge in [-0.1, -0.05) is 25.1 Å². The molecule has 1 saturated heterocycles. The largest absolute Gasteiger partial charge is 0.341 e. The molecule has 3 aromatic rings. The third-order valence-corrected chi connectivity index (χ3v) is 5.92. The molecule has 1 amide bonds. The molecule has 0 saturated carbocycles. The molecule has 3 heterocycles. The first-order valence-electron chi connectivity index (χ1n) is 10.9. The van der Waals surface area contributed by atoms with Gasteiger partial charge in [0.25, 0.3) is 5.56 Å². The summed E-state index contributed by atoms with van der Waals surface area (Å²) in [7, 11) is 0. The number of nitrogens with one attached hydrogen (secondary N) is 1. The second kappa shape index (κ2) is 8.83. The summed E-state index contributed by atoms with van der Waals surface area (Å²) in [5.74, 6) is 0.366. The minimum Gasteiger partial charge on any atom is -0.341 e. The second-order valence-electron chi connectivity index (χ2n) is 8.09. The van der Waals surface area contributed by atoms with Crippen molar-refractivity contribution in [1.29, 1.82) is 0 Å². The zero-order valence-corrected chi connectivity index (χ0v) is 18.3. The molecule has 4 rings (SSSR count). The Kier molecular flexibility index (Phi) is 5.97. The lowest BCUT2D eigenvalue weighted by atomic mass is 10.1. The van der Waals surface area contributed by atoms with Crippen LogP contribution in [0.25, 0.3) is 11.0 Å². The number of nitrogens with zero attached hydrogens (tertiary/aromatic N) is 5. The molecule has 8 nitrogen and oxygen atoms in total. The molecule has 0 aliphatic carbocycles. The molecule has 0 spiro atoms. The number of anilines is 2. The minimum absolute atomic E-state index is 0.242. The van der Waals surface area contributed by atoms with Crippen LogP contribution in [0.3, 0.4) is 0 Å². The van der Waals surface area contributed by atoms with Crippen LogP contribution in [0.4, 0.5) is 11.6 Å². The summed E-state index contributed by atoms with van der Waals surface area (Å²) in [4.78, 5) is 41.7. The van der Waals surface area contributed by atoms with Gasteiger partial charge in [0, 0.05) is 25.0 Å². The van der Waals surface area contributed by atoms with E-state index in [1.165, 1.54) is 23.5 Å². The summed E-state index contributed by atoms with van der Waals surface area (Å²) in [5.41, 5.74) is 2.79. The summed E-state index contributed by atoms with van der Waals surface area (Å²) < 4.78 is 1.38. The molecule has 2 aromatic heterocycles. The van der Waals surface area contributed by atoms with Crippen molar-refractivity contribution < 1.29 is 4.79 Å². The summed E-state index contributed by atoms with van der Waals surface area (Å²) >= 11 is 0. The molecule has 8 heteroatoms. The van der Waals surface area contributed by atoms with Gasteiger partial charge in [-0.2, -0.15) is 4.98 Å². The van der Waals surface area contributed by atoms with Crippen LogP contribution in [0.15, 0.2) is 35.5 Å².